The van der Waals surface area contributed by atoms with E-state index < -0.39 is 0 Å². The van der Waals surface area contributed by atoms with Gasteiger partial charge in [-0.25, -0.2) is 4.39 Å². The first-order chi connectivity index (χ1) is 8.61. The highest BCUT2D eigenvalue weighted by Crippen LogP contribution is 2.21. The molecule has 1 nitrogen and oxygen atoms in total. The fourth-order valence-corrected chi connectivity index (χ4v) is 2.04. The van der Waals surface area contributed by atoms with Gasteiger partial charge in [-0.15, -0.1) is 11.6 Å². The van der Waals surface area contributed by atoms with Gasteiger partial charge in [0.25, 0.3) is 0 Å². The second kappa shape index (κ2) is 5.51. The van der Waals surface area contributed by atoms with E-state index in [9.17, 15) is 9.18 Å². The van der Waals surface area contributed by atoms with Crippen molar-refractivity contribution in [3.05, 3.63) is 70.0 Å². The van der Waals surface area contributed by atoms with Crippen LogP contribution in [-0.2, 0) is 5.88 Å². The first-order valence-corrected chi connectivity index (χ1v) is 6.17. The molecule has 0 saturated heterocycles. The van der Waals surface area contributed by atoms with E-state index in [1.165, 1.54) is 24.3 Å². The maximum absolute atomic E-state index is 12.8. The Kier molecular flexibility index (Phi) is 4.00. The monoisotopic (exact) mass is 282 g/mol. The molecule has 0 spiro atoms. The van der Waals surface area contributed by atoms with Crippen molar-refractivity contribution in [1.29, 1.82) is 0 Å². The van der Waals surface area contributed by atoms with E-state index in [-0.39, 0.29) is 17.5 Å². The van der Waals surface area contributed by atoms with Crippen LogP contribution >= 0.6 is 23.2 Å². The van der Waals surface area contributed by atoms with Gasteiger partial charge in [-0.1, -0.05) is 17.7 Å². The summed E-state index contributed by atoms with van der Waals surface area (Å²) in [5, 5.41) is 0.467. The number of carbonyl (C=O) groups excluding carboxylic acids is 1. The Bertz CT molecular complexity index is 579. The summed E-state index contributed by atoms with van der Waals surface area (Å²) >= 11 is 11.7. The zero-order valence-corrected chi connectivity index (χ0v) is 10.8. The summed E-state index contributed by atoms with van der Waals surface area (Å²) in [6, 6.07) is 10.3. The molecule has 0 atom stereocenters. The van der Waals surface area contributed by atoms with Crippen LogP contribution in [0.25, 0.3) is 0 Å². The van der Waals surface area contributed by atoms with E-state index in [1.54, 1.807) is 18.2 Å². The molecule has 0 N–H and O–H groups in total. The van der Waals surface area contributed by atoms with Gasteiger partial charge < -0.3 is 0 Å². The summed E-state index contributed by atoms with van der Waals surface area (Å²) in [4.78, 5) is 12.2. The minimum atomic E-state index is -0.379. The van der Waals surface area contributed by atoms with E-state index in [4.69, 9.17) is 23.2 Å². The van der Waals surface area contributed by atoms with Crippen molar-refractivity contribution < 1.29 is 9.18 Å². The lowest BCUT2D eigenvalue weighted by Crippen LogP contribution is -2.04. The van der Waals surface area contributed by atoms with Gasteiger partial charge in [0.05, 0.1) is 0 Å². The molecule has 0 aliphatic carbocycles. The molecule has 2 aromatic carbocycles. The van der Waals surface area contributed by atoms with E-state index in [2.05, 4.69) is 0 Å². The van der Waals surface area contributed by atoms with E-state index in [0.29, 0.717) is 21.7 Å². The summed E-state index contributed by atoms with van der Waals surface area (Å²) in [6.45, 7) is 0. The van der Waals surface area contributed by atoms with Gasteiger partial charge in [-0.05, 0) is 42.0 Å². The standard InChI is InChI=1S/C14H9Cl2FO/c15-8-10-1-4-11(16)7-13(10)14(18)9-2-5-12(17)6-3-9/h1-7H,8H2. The molecule has 0 aliphatic heterocycles. The average molecular weight is 283 g/mol. The van der Waals surface area contributed by atoms with Gasteiger partial charge in [0, 0.05) is 22.0 Å². The average Bonchev–Trinajstić information content (AvgIpc) is 2.39. The zero-order valence-electron chi connectivity index (χ0n) is 9.29. The van der Waals surface area contributed by atoms with Crippen LogP contribution in [0, 0.1) is 5.82 Å². The van der Waals surface area contributed by atoms with Gasteiger partial charge in [0.2, 0.25) is 0 Å². The topological polar surface area (TPSA) is 17.1 Å². The fraction of sp³-hybridized carbons (Fsp3) is 0.0714. The quantitative estimate of drug-likeness (QED) is 0.601. The number of ketones is 1. The van der Waals surface area contributed by atoms with Crippen molar-refractivity contribution in [2.24, 2.45) is 0 Å². The van der Waals surface area contributed by atoms with E-state index in [1.807, 2.05) is 0 Å². The van der Waals surface area contributed by atoms with Crippen molar-refractivity contribution >= 4 is 29.0 Å². The molecule has 92 valence electrons. The molecule has 0 bridgehead atoms. The number of hydrogen-bond donors (Lipinski definition) is 0. The minimum Gasteiger partial charge on any atom is -0.289 e. The lowest BCUT2D eigenvalue weighted by atomic mass is 9.99. The number of rotatable bonds is 3. The summed E-state index contributed by atoms with van der Waals surface area (Å²) in [5.74, 6) is -0.372. The van der Waals surface area contributed by atoms with E-state index >= 15 is 0 Å². The van der Waals surface area contributed by atoms with Crippen molar-refractivity contribution in [2.45, 2.75) is 5.88 Å². The highest BCUT2D eigenvalue weighted by atomic mass is 35.5. The molecule has 0 amide bonds. The molecular formula is C14H9Cl2FO. The van der Waals surface area contributed by atoms with Gasteiger partial charge in [-0.2, -0.15) is 0 Å². The summed E-state index contributed by atoms with van der Waals surface area (Å²) < 4.78 is 12.8. The van der Waals surface area contributed by atoms with Crippen LogP contribution in [0.3, 0.4) is 0 Å². The number of halogens is 3. The smallest absolute Gasteiger partial charge is 0.193 e. The number of hydrogen-bond acceptors (Lipinski definition) is 1. The van der Waals surface area contributed by atoms with Gasteiger partial charge in [0.15, 0.2) is 5.78 Å². The highest BCUT2D eigenvalue weighted by Gasteiger charge is 2.13. The first-order valence-electron chi connectivity index (χ1n) is 5.26. The van der Waals surface area contributed by atoms with Crippen LogP contribution in [0.15, 0.2) is 42.5 Å². The predicted octanol–water partition coefficient (Wildman–Crippen LogP) is 4.45. The van der Waals surface area contributed by atoms with Crippen molar-refractivity contribution in [2.75, 3.05) is 0 Å². The van der Waals surface area contributed by atoms with Crippen LogP contribution in [0.1, 0.15) is 21.5 Å². The Morgan fingerprint density at radius 3 is 2.39 bits per heavy atom. The van der Waals surface area contributed by atoms with Crippen LogP contribution in [0.4, 0.5) is 4.39 Å². The third-order valence-corrected chi connectivity index (χ3v) is 3.09. The second-order valence-corrected chi connectivity index (χ2v) is 4.47. The Balaban J connectivity index is 2.45. The zero-order chi connectivity index (χ0) is 13.1. The lowest BCUT2D eigenvalue weighted by Gasteiger charge is -2.07. The molecule has 0 radical (unpaired) electrons. The maximum atomic E-state index is 12.8. The third kappa shape index (κ3) is 2.71. The van der Waals surface area contributed by atoms with Crippen LogP contribution in [0.2, 0.25) is 5.02 Å². The number of benzene rings is 2. The summed E-state index contributed by atoms with van der Waals surface area (Å²) in [6.07, 6.45) is 0. The molecule has 0 aromatic heterocycles. The molecule has 0 fully saturated rings. The molecule has 18 heavy (non-hydrogen) atoms. The van der Waals surface area contributed by atoms with E-state index in [0.717, 1.165) is 0 Å². The van der Waals surface area contributed by atoms with Crippen LogP contribution in [-0.4, -0.2) is 5.78 Å². The molecule has 4 heteroatoms. The molecule has 0 heterocycles. The third-order valence-electron chi connectivity index (χ3n) is 2.57. The molecular weight excluding hydrogens is 274 g/mol. The largest absolute Gasteiger partial charge is 0.289 e. The van der Waals surface area contributed by atoms with Crippen LogP contribution < -0.4 is 0 Å². The Morgan fingerprint density at radius 1 is 1.11 bits per heavy atom. The Morgan fingerprint density at radius 2 is 1.78 bits per heavy atom. The Labute approximate surface area is 114 Å². The fourth-order valence-electron chi connectivity index (χ4n) is 1.63. The maximum Gasteiger partial charge on any atom is 0.193 e. The van der Waals surface area contributed by atoms with Gasteiger partial charge >= 0.3 is 0 Å². The first kappa shape index (κ1) is 13.1. The molecule has 0 aliphatic rings. The molecule has 0 unspecified atom stereocenters. The van der Waals surface area contributed by atoms with Crippen molar-refractivity contribution in [3.63, 3.8) is 0 Å². The lowest BCUT2D eigenvalue weighted by molar-refractivity contribution is 0.103. The minimum absolute atomic E-state index is 0.215. The molecule has 2 aromatic rings. The van der Waals surface area contributed by atoms with Crippen LogP contribution in [0.5, 0.6) is 0 Å². The number of carbonyl (C=O) groups is 1. The summed E-state index contributed by atoms with van der Waals surface area (Å²) in [5.41, 5.74) is 1.56. The second-order valence-electron chi connectivity index (χ2n) is 3.77. The normalized spacial score (nSPS) is 10.4. The number of alkyl halides is 1. The van der Waals surface area contributed by atoms with Crippen molar-refractivity contribution in [3.8, 4) is 0 Å². The Hall–Kier alpha value is -1.38. The van der Waals surface area contributed by atoms with Crippen molar-refractivity contribution in [1.82, 2.24) is 0 Å². The molecule has 2 rings (SSSR count). The summed E-state index contributed by atoms with van der Waals surface area (Å²) in [7, 11) is 0. The molecule has 0 saturated carbocycles. The van der Waals surface area contributed by atoms with Gasteiger partial charge in [0.1, 0.15) is 5.82 Å². The SMILES string of the molecule is O=C(c1ccc(F)cc1)c1cc(Cl)ccc1CCl. The predicted molar refractivity (Wildman–Crippen MR) is 70.8 cm³/mol. The highest BCUT2D eigenvalue weighted by molar-refractivity contribution is 6.31. The van der Waals surface area contributed by atoms with Gasteiger partial charge in [-0.3, -0.25) is 4.79 Å².